The molecule has 0 unspecified atom stereocenters. The number of hydrogen-bond acceptors (Lipinski definition) is 5. The monoisotopic (exact) mass is 493 g/mol. The Balaban J connectivity index is 1.30. The van der Waals surface area contributed by atoms with E-state index in [1.54, 1.807) is 11.3 Å². The molecule has 0 N–H and O–H groups in total. The van der Waals surface area contributed by atoms with Gasteiger partial charge in [-0.05, 0) is 35.2 Å². The second-order valence-corrected chi connectivity index (χ2v) is 10.4. The van der Waals surface area contributed by atoms with Crippen LogP contribution in [0.3, 0.4) is 0 Å². The van der Waals surface area contributed by atoms with E-state index in [-0.39, 0.29) is 11.8 Å². The Labute approximate surface area is 195 Å². The molecule has 4 nitrogen and oxygen atoms in total. The summed E-state index contributed by atoms with van der Waals surface area (Å²) < 4.78 is 7.86. The van der Waals surface area contributed by atoms with Gasteiger partial charge in [0, 0.05) is 48.9 Å². The summed E-state index contributed by atoms with van der Waals surface area (Å²) in [4.78, 5) is 3.80. The Morgan fingerprint density at radius 3 is 2.68 bits per heavy atom. The van der Waals surface area contributed by atoms with Crippen molar-refractivity contribution in [1.82, 2.24) is 9.91 Å². The number of hydrazone groups is 1. The van der Waals surface area contributed by atoms with Crippen molar-refractivity contribution in [1.29, 1.82) is 0 Å². The third kappa shape index (κ3) is 3.51. The van der Waals surface area contributed by atoms with Gasteiger partial charge in [-0.2, -0.15) is 5.10 Å². The summed E-state index contributed by atoms with van der Waals surface area (Å²) in [6.07, 6.45) is 2.84. The zero-order valence-electron chi connectivity index (χ0n) is 17.2. The van der Waals surface area contributed by atoms with Gasteiger partial charge in [-0.15, -0.1) is 11.3 Å². The number of ether oxygens (including phenoxy) is 1. The van der Waals surface area contributed by atoms with E-state index in [1.807, 2.05) is 0 Å². The summed E-state index contributed by atoms with van der Waals surface area (Å²) in [5.74, 6) is 1.02. The summed E-state index contributed by atoms with van der Waals surface area (Å²) in [5, 5.41) is 9.60. The van der Waals surface area contributed by atoms with Crippen LogP contribution in [0, 0.1) is 0 Å². The minimum Gasteiger partial charge on any atom is -0.466 e. The number of hydrogen-bond donors (Lipinski definition) is 0. The molecule has 4 heterocycles. The van der Waals surface area contributed by atoms with Crippen LogP contribution in [0.15, 0.2) is 75.6 Å². The van der Waals surface area contributed by atoms with Crippen LogP contribution in [0.2, 0.25) is 0 Å². The van der Waals surface area contributed by atoms with E-state index in [9.17, 15) is 0 Å². The molecular weight excluding hydrogens is 470 g/mol. The number of halogens is 1. The zero-order valence-corrected chi connectivity index (χ0v) is 19.6. The van der Waals surface area contributed by atoms with Crippen molar-refractivity contribution < 1.29 is 4.74 Å². The van der Waals surface area contributed by atoms with Gasteiger partial charge < -0.3 is 4.74 Å². The Bertz CT molecular complexity index is 1110. The molecule has 6 heteroatoms. The lowest BCUT2D eigenvalue weighted by Crippen LogP contribution is -2.59. The number of rotatable bonds is 3. The van der Waals surface area contributed by atoms with Gasteiger partial charge in [0.25, 0.3) is 0 Å². The molecule has 2 aromatic carbocycles. The largest absolute Gasteiger partial charge is 0.466 e. The Hall–Kier alpha value is -2.15. The fourth-order valence-electron chi connectivity index (χ4n) is 5.08. The van der Waals surface area contributed by atoms with Gasteiger partial charge in [0.15, 0.2) is 0 Å². The maximum Gasteiger partial charge on any atom is 0.200 e. The molecular formula is C25H24BrN3OS. The van der Waals surface area contributed by atoms with Crippen molar-refractivity contribution in [3.05, 3.63) is 86.5 Å². The molecule has 31 heavy (non-hydrogen) atoms. The summed E-state index contributed by atoms with van der Waals surface area (Å²) in [6, 6.07) is 21.7. The van der Waals surface area contributed by atoms with Crippen LogP contribution in [0.4, 0.5) is 0 Å². The molecule has 1 saturated heterocycles. The van der Waals surface area contributed by atoms with Gasteiger partial charge in [0.1, 0.15) is 5.75 Å². The van der Waals surface area contributed by atoms with Crippen molar-refractivity contribution in [2.45, 2.75) is 37.6 Å². The molecule has 3 aromatic rings. The smallest absolute Gasteiger partial charge is 0.200 e. The van der Waals surface area contributed by atoms with E-state index >= 15 is 0 Å². The summed E-state index contributed by atoms with van der Waals surface area (Å²) >= 11 is 5.42. The minimum absolute atomic E-state index is 0.235. The van der Waals surface area contributed by atoms with Crippen LogP contribution >= 0.6 is 27.3 Å². The topological polar surface area (TPSA) is 28.1 Å². The molecule has 1 atom stereocenters. The second-order valence-electron chi connectivity index (χ2n) is 8.58. The number of benzene rings is 2. The third-order valence-electron chi connectivity index (χ3n) is 6.65. The van der Waals surface area contributed by atoms with Crippen LogP contribution in [0.25, 0.3) is 0 Å². The SMILES string of the molecule is Brc1ccc2c(c1)[C@H]1CC(c3cccs3)=NN1C1(CCN(Cc3ccccc3)CC1)O2. The Morgan fingerprint density at radius 1 is 1.06 bits per heavy atom. The third-order valence-corrected chi connectivity index (χ3v) is 8.06. The summed E-state index contributed by atoms with van der Waals surface area (Å²) in [7, 11) is 0. The molecule has 1 fully saturated rings. The van der Waals surface area contributed by atoms with E-state index in [1.165, 1.54) is 21.7 Å². The number of likely N-dealkylation sites (tertiary alicyclic amines) is 1. The van der Waals surface area contributed by atoms with E-state index in [2.05, 4.69) is 91.9 Å². The predicted molar refractivity (Wildman–Crippen MR) is 129 cm³/mol. The summed E-state index contributed by atoms with van der Waals surface area (Å²) in [5.41, 5.74) is 3.43. The molecule has 3 aliphatic rings. The Morgan fingerprint density at radius 2 is 1.90 bits per heavy atom. The molecule has 1 spiro atoms. The Kier molecular flexibility index (Phi) is 4.89. The second kappa shape index (κ2) is 7.76. The highest BCUT2D eigenvalue weighted by atomic mass is 79.9. The fraction of sp³-hybridized carbons (Fsp3) is 0.320. The van der Waals surface area contributed by atoms with Gasteiger partial charge in [-0.25, -0.2) is 5.01 Å². The standard InChI is InChI=1S/C25H24BrN3OS/c26-19-8-9-23-20(15-19)22-16-21(24-7-4-14-31-24)27-29(22)25(30-23)10-12-28(13-11-25)17-18-5-2-1-3-6-18/h1-9,14-15,22H,10-13,16-17H2/t22-/m1/s1. The molecule has 6 rings (SSSR count). The maximum atomic E-state index is 6.77. The lowest BCUT2D eigenvalue weighted by Gasteiger charge is -2.51. The van der Waals surface area contributed by atoms with Gasteiger partial charge in [0.05, 0.1) is 16.6 Å². The number of thiophene rings is 1. The van der Waals surface area contributed by atoms with Gasteiger partial charge in [-0.3, -0.25) is 4.90 Å². The van der Waals surface area contributed by atoms with E-state index in [4.69, 9.17) is 9.84 Å². The maximum absolute atomic E-state index is 6.77. The molecule has 158 valence electrons. The molecule has 0 amide bonds. The highest BCUT2D eigenvalue weighted by molar-refractivity contribution is 9.10. The first kappa shape index (κ1) is 19.5. The number of nitrogens with zero attached hydrogens (tertiary/aromatic N) is 3. The summed E-state index contributed by atoms with van der Waals surface area (Å²) in [6.45, 7) is 3.01. The average molecular weight is 494 g/mol. The molecule has 0 bridgehead atoms. The van der Waals surface area contributed by atoms with Crippen molar-refractivity contribution in [2.24, 2.45) is 5.10 Å². The zero-order chi connectivity index (χ0) is 20.8. The van der Waals surface area contributed by atoms with Crippen LogP contribution in [-0.2, 0) is 6.54 Å². The fourth-order valence-corrected chi connectivity index (χ4v) is 6.18. The predicted octanol–water partition coefficient (Wildman–Crippen LogP) is 6.05. The minimum atomic E-state index is -0.363. The van der Waals surface area contributed by atoms with Crippen molar-refractivity contribution in [2.75, 3.05) is 13.1 Å². The lowest BCUT2D eigenvalue weighted by molar-refractivity contribution is -0.150. The molecule has 0 radical (unpaired) electrons. The molecule has 3 aliphatic heterocycles. The van der Waals surface area contributed by atoms with E-state index in [0.717, 1.165) is 49.1 Å². The molecule has 0 saturated carbocycles. The lowest BCUT2D eigenvalue weighted by atomic mass is 9.91. The van der Waals surface area contributed by atoms with E-state index < -0.39 is 0 Å². The molecule has 0 aliphatic carbocycles. The van der Waals surface area contributed by atoms with Crippen LogP contribution in [0.5, 0.6) is 5.75 Å². The highest BCUT2D eigenvalue weighted by Crippen LogP contribution is 2.50. The first-order valence-electron chi connectivity index (χ1n) is 10.9. The van der Waals surface area contributed by atoms with Crippen molar-refractivity contribution >= 4 is 33.0 Å². The quantitative estimate of drug-likeness (QED) is 0.444. The van der Waals surface area contributed by atoms with Gasteiger partial charge in [-0.1, -0.05) is 52.3 Å². The first-order valence-corrected chi connectivity index (χ1v) is 12.5. The first-order chi connectivity index (χ1) is 15.2. The normalized spacial score (nSPS) is 22.0. The van der Waals surface area contributed by atoms with Crippen molar-refractivity contribution in [3.8, 4) is 5.75 Å². The van der Waals surface area contributed by atoms with Crippen LogP contribution in [-0.4, -0.2) is 34.4 Å². The van der Waals surface area contributed by atoms with E-state index in [0.29, 0.717) is 0 Å². The number of piperidine rings is 1. The van der Waals surface area contributed by atoms with Gasteiger partial charge >= 0.3 is 0 Å². The average Bonchev–Trinajstić information content (AvgIpc) is 3.47. The highest BCUT2D eigenvalue weighted by Gasteiger charge is 2.51. The molecule has 1 aromatic heterocycles. The van der Waals surface area contributed by atoms with Gasteiger partial charge in [0.2, 0.25) is 5.72 Å². The van der Waals surface area contributed by atoms with Crippen LogP contribution < -0.4 is 4.74 Å². The number of fused-ring (bicyclic) bond motifs is 4. The van der Waals surface area contributed by atoms with Crippen molar-refractivity contribution in [3.63, 3.8) is 0 Å². The van der Waals surface area contributed by atoms with Crippen LogP contribution in [0.1, 0.15) is 41.3 Å².